The van der Waals surface area contributed by atoms with E-state index in [0.29, 0.717) is 25.2 Å². The number of benzene rings is 1. The van der Waals surface area contributed by atoms with Gasteiger partial charge in [-0.05, 0) is 49.0 Å². The summed E-state index contributed by atoms with van der Waals surface area (Å²) in [5, 5.41) is 9.20. The standard InChI is InChI=1S/C22H25N5OS/c28-20(13-17-4-2-16(3-5-17)12-18-6-10-23-14-18)24-11-7-19-15-29-22(27-19)21-25-8-1-9-26-21/h1-5,8-9,15,18,23H,6-7,10-14H2,(H,24,28). The van der Waals surface area contributed by atoms with Crippen LogP contribution < -0.4 is 10.6 Å². The van der Waals surface area contributed by atoms with Gasteiger partial charge in [-0.25, -0.2) is 15.0 Å². The van der Waals surface area contributed by atoms with Gasteiger partial charge in [-0.1, -0.05) is 24.3 Å². The lowest BCUT2D eigenvalue weighted by atomic mass is 9.97. The largest absolute Gasteiger partial charge is 0.355 e. The van der Waals surface area contributed by atoms with Crippen molar-refractivity contribution in [2.75, 3.05) is 19.6 Å². The normalized spacial score (nSPS) is 16.1. The molecule has 1 atom stereocenters. The molecule has 3 aromatic rings. The van der Waals surface area contributed by atoms with Gasteiger partial charge in [0.2, 0.25) is 5.91 Å². The zero-order valence-electron chi connectivity index (χ0n) is 16.3. The van der Waals surface area contributed by atoms with Gasteiger partial charge in [0, 0.05) is 30.7 Å². The number of hydrogen-bond donors (Lipinski definition) is 2. The molecule has 29 heavy (non-hydrogen) atoms. The van der Waals surface area contributed by atoms with Crippen molar-refractivity contribution in [1.29, 1.82) is 0 Å². The number of carbonyl (C=O) groups excluding carboxylic acids is 1. The van der Waals surface area contributed by atoms with Gasteiger partial charge in [0.1, 0.15) is 0 Å². The number of nitrogens with one attached hydrogen (secondary N) is 2. The number of hydrogen-bond acceptors (Lipinski definition) is 6. The molecule has 1 aliphatic heterocycles. The maximum Gasteiger partial charge on any atom is 0.224 e. The zero-order valence-corrected chi connectivity index (χ0v) is 17.1. The second kappa shape index (κ2) is 9.71. The lowest BCUT2D eigenvalue weighted by Crippen LogP contribution is -2.27. The highest BCUT2D eigenvalue weighted by atomic mass is 32.1. The van der Waals surface area contributed by atoms with E-state index in [2.05, 4.69) is 49.9 Å². The van der Waals surface area contributed by atoms with Crippen LogP contribution in [0.3, 0.4) is 0 Å². The van der Waals surface area contributed by atoms with Crippen LogP contribution in [0.5, 0.6) is 0 Å². The first kappa shape index (κ1) is 19.7. The third-order valence-electron chi connectivity index (χ3n) is 5.09. The molecule has 4 rings (SSSR count). The van der Waals surface area contributed by atoms with E-state index in [1.807, 2.05) is 5.38 Å². The van der Waals surface area contributed by atoms with Crippen LogP contribution in [0.4, 0.5) is 0 Å². The molecular formula is C22H25N5OS. The first-order valence-corrected chi connectivity index (χ1v) is 10.9. The molecule has 0 saturated carbocycles. The average Bonchev–Trinajstić information content (AvgIpc) is 3.42. The topological polar surface area (TPSA) is 79.8 Å². The Bertz CT molecular complexity index is 920. The Hall–Kier alpha value is -2.64. The van der Waals surface area contributed by atoms with Gasteiger partial charge in [0.25, 0.3) is 0 Å². The van der Waals surface area contributed by atoms with Crippen LogP contribution in [-0.2, 0) is 24.1 Å². The van der Waals surface area contributed by atoms with Gasteiger partial charge < -0.3 is 10.6 Å². The van der Waals surface area contributed by atoms with Crippen LogP contribution >= 0.6 is 11.3 Å². The van der Waals surface area contributed by atoms with E-state index in [-0.39, 0.29) is 5.91 Å². The molecule has 1 aromatic carbocycles. The zero-order chi connectivity index (χ0) is 19.9. The molecule has 1 amide bonds. The second-order valence-electron chi connectivity index (χ2n) is 7.37. The molecule has 0 spiro atoms. The second-order valence-corrected chi connectivity index (χ2v) is 8.23. The molecule has 1 fully saturated rings. The molecule has 0 bridgehead atoms. The van der Waals surface area contributed by atoms with Crippen molar-refractivity contribution in [2.24, 2.45) is 5.92 Å². The first-order valence-electron chi connectivity index (χ1n) is 10.0. The summed E-state index contributed by atoms with van der Waals surface area (Å²) in [7, 11) is 0. The summed E-state index contributed by atoms with van der Waals surface area (Å²) in [5.41, 5.74) is 3.35. The van der Waals surface area contributed by atoms with Crippen LogP contribution in [0.25, 0.3) is 10.8 Å². The van der Waals surface area contributed by atoms with E-state index in [1.54, 1.807) is 18.5 Å². The van der Waals surface area contributed by atoms with E-state index < -0.39 is 0 Å². The highest BCUT2D eigenvalue weighted by Gasteiger charge is 2.14. The van der Waals surface area contributed by atoms with Crippen molar-refractivity contribution in [3.63, 3.8) is 0 Å². The van der Waals surface area contributed by atoms with E-state index in [1.165, 1.54) is 23.3 Å². The van der Waals surface area contributed by atoms with Crippen molar-refractivity contribution in [3.8, 4) is 10.8 Å². The minimum absolute atomic E-state index is 0.0413. The number of thiazole rings is 1. The van der Waals surface area contributed by atoms with Gasteiger partial charge in [-0.2, -0.15) is 0 Å². The minimum atomic E-state index is 0.0413. The van der Waals surface area contributed by atoms with E-state index >= 15 is 0 Å². The molecule has 3 heterocycles. The molecule has 150 valence electrons. The molecule has 6 nitrogen and oxygen atoms in total. The van der Waals surface area contributed by atoms with Crippen LogP contribution in [0.15, 0.2) is 48.1 Å². The fourth-order valence-corrected chi connectivity index (χ4v) is 4.33. The van der Waals surface area contributed by atoms with Gasteiger partial charge in [0.15, 0.2) is 10.8 Å². The average molecular weight is 408 g/mol. The summed E-state index contributed by atoms with van der Waals surface area (Å²) in [6.45, 7) is 2.82. The summed E-state index contributed by atoms with van der Waals surface area (Å²) in [6.07, 6.45) is 6.89. The molecule has 7 heteroatoms. The van der Waals surface area contributed by atoms with E-state index in [0.717, 1.165) is 41.7 Å². The van der Waals surface area contributed by atoms with Crippen LogP contribution in [0.1, 0.15) is 23.2 Å². The number of aromatic nitrogens is 3. The van der Waals surface area contributed by atoms with Crippen molar-refractivity contribution in [1.82, 2.24) is 25.6 Å². The van der Waals surface area contributed by atoms with Gasteiger partial charge in [-0.15, -0.1) is 11.3 Å². The Morgan fingerprint density at radius 2 is 1.97 bits per heavy atom. The molecule has 0 radical (unpaired) electrons. The Morgan fingerprint density at radius 3 is 2.72 bits per heavy atom. The molecule has 1 aliphatic rings. The summed E-state index contributed by atoms with van der Waals surface area (Å²) in [4.78, 5) is 25.2. The van der Waals surface area contributed by atoms with Crippen molar-refractivity contribution >= 4 is 17.2 Å². The number of amides is 1. The fourth-order valence-electron chi connectivity index (χ4n) is 3.53. The summed E-state index contributed by atoms with van der Waals surface area (Å²) >= 11 is 1.52. The Morgan fingerprint density at radius 1 is 1.17 bits per heavy atom. The molecule has 2 N–H and O–H groups in total. The highest BCUT2D eigenvalue weighted by molar-refractivity contribution is 7.13. The maximum absolute atomic E-state index is 12.2. The maximum atomic E-state index is 12.2. The van der Waals surface area contributed by atoms with Gasteiger partial charge >= 0.3 is 0 Å². The number of rotatable bonds is 8. The summed E-state index contributed by atoms with van der Waals surface area (Å²) in [6, 6.07) is 10.2. The quantitative estimate of drug-likeness (QED) is 0.600. The third kappa shape index (κ3) is 5.68. The Kier molecular flexibility index (Phi) is 6.59. The summed E-state index contributed by atoms with van der Waals surface area (Å²) < 4.78 is 0. The van der Waals surface area contributed by atoms with Gasteiger partial charge in [-0.3, -0.25) is 4.79 Å². The Labute approximate surface area is 174 Å². The summed E-state index contributed by atoms with van der Waals surface area (Å²) in [5.74, 6) is 1.42. The Balaban J connectivity index is 1.20. The lowest BCUT2D eigenvalue weighted by Gasteiger charge is -2.09. The first-order chi connectivity index (χ1) is 14.3. The van der Waals surface area contributed by atoms with Crippen LogP contribution in [0, 0.1) is 5.92 Å². The predicted molar refractivity (Wildman–Crippen MR) is 115 cm³/mol. The molecule has 1 unspecified atom stereocenters. The predicted octanol–water partition coefficient (Wildman–Crippen LogP) is 2.65. The number of carbonyl (C=O) groups is 1. The van der Waals surface area contributed by atoms with Crippen LogP contribution in [-0.4, -0.2) is 40.5 Å². The van der Waals surface area contributed by atoms with Crippen molar-refractivity contribution in [2.45, 2.75) is 25.7 Å². The van der Waals surface area contributed by atoms with Crippen molar-refractivity contribution in [3.05, 3.63) is 64.9 Å². The minimum Gasteiger partial charge on any atom is -0.355 e. The fraction of sp³-hybridized carbons (Fsp3) is 0.364. The number of nitrogens with zero attached hydrogens (tertiary/aromatic N) is 3. The van der Waals surface area contributed by atoms with Crippen LogP contribution in [0.2, 0.25) is 0 Å². The monoisotopic (exact) mass is 407 g/mol. The van der Waals surface area contributed by atoms with Crippen molar-refractivity contribution < 1.29 is 4.79 Å². The molecule has 0 aliphatic carbocycles. The molecule has 1 saturated heterocycles. The van der Waals surface area contributed by atoms with Gasteiger partial charge in [0.05, 0.1) is 12.1 Å². The third-order valence-corrected chi connectivity index (χ3v) is 5.97. The van der Waals surface area contributed by atoms with E-state index in [9.17, 15) is 4.79 Å². The smallest absolute Gasteiger partial charge is 0.224 e. The highest BCUT2D eigenvalue weighted by Crippen LogP contribution is 2.19. The molecule has 2 aromatic heterocycles. The lowest BCUT2D eigenvalue weighted by molar-refractivity contribution is -0.120. The van der Waals surface area contributed by atoms with E-state index in [4.69, 9.17) is 0 Å². The SMILES string of the molecule is O=C(Cc1ccc(CC2CCNC2)cc1)NCCc1csc(-c2ncccn2)n1. The molecular weight excluding hydrogens is 382 g/mol.